The van der Waals surface area contributed by atoms with Crippen LogP contribution in [0.5, 0.6) is 0 Å². The Morgan fingerprint density at radius 2 is 1.79 bits per heavy atom. The highest BCUT2D eigenvalue weighted by molar-refractivity contribution is 7.10. The van der Waals surface area contributed by atoms with E-state index in [9.17, 15) is 4.79 Å². The molecule has 1 aliphatic carbocycles. The summed E-state index contributed by atoms with van der Waals surface area (Å²) in [6.45, 7) is 17.9. The molecular formula is C21H35NOS. The fourth-order valence-corrected chi connectivity index (χ4v) is 5.35. The van der Waals surface area contributed by atoms with Crippen molar-refractivity contribution in [1.29, 1.82) is 0 Å². The maximum Gasteiger partial charge on any atom is 0.252 e. The number of amides is 1. The van der Waals surface area contributed by atoms with Crippen molar-refractivity contribution in [2.45, 2.75) is 86.6 Å². The molecule has 0 fully saturated rings. The molecule has 1 amide bonds. The molecule has 3 heteroatoms. The Hall–Kier alpha value is -0.830. The summed E-state index contributed by atoms with van der Waals surface area (Å²) in [7, 11) is 0. The average molecular weight is 350 g/mol. The molecule has 2 rings (SSSR count). The molecule has 0 saturated heterocycles. The third kappa shape index (κ3) is 4.84. The Kier molecular flexibility index (Phi) is 5.26. The molecule has 0 aliphatic heterocycles. The van der Waals surface area contributed by atoms with Gasteiger partial charge in [0.25, 0.3) is 5.91 Å². The van der Waals surface area contributed by atoms with Gasteiger partial charge in [-0.2, -0.15) is 0 Å². The van der Waals surface area contributed by atoms with Gasteiger partial charge in [-0.25, -0.2) is 0 Å². The molecule has 1 aliphatic rings. The van der Waals surface area contributed by atoms with Crippen LogP contribution in [0.2, 0.25) is 0 Å². The van der Waals surface area contributed by atoms with Crippen LogP contribution in [0.15, 0.2) is 5.38 Å². The largest absolute Gasteiger partial charge is 0.347 e. The summed E-state index contributed by atoms with van der Waals surface area (Å²) in [5.41, 5.74) is 2.59. The van der Waals surface area contributed by atoms with E-state index in [0.29, 0.717) is 5.41 Å². The average Bonchev–Trinajstić information content (AvgIpc) is 2.76. The van der Waals surface area contributed by atoms with E-state index in [4.69, 9.17) is 0 Å². The number of nitrogens with one attached hydrogen (secondary N) is 1. The van der Waals surface area contributed by atoms with Crippen molar-refractivity contribution in [3.63, 3.8) is 0 Å². The lowest BCUT2D eigenvalue weighted by Gasteiger charge is -2.35. The maximum atomic E-state index is 12.9. The molecule has 0 saturated carbocycles. The smallest absolute Gasteiger partial charge is 0.252 e. The fourth-order valence-electron chi connectivity index (χ4n) is 4.19. The summed E-state index contributed by atoms with van der Waals surface area (Å²) in [5.74, 6) is 0.827. The monoisotopic (exact) mass is 349 g/mol. The molecule has 1 unspecified atom stereocenters. The fraction of sp³-hybridized carbons (Fsp3) is 0.762. The van der Waals surface area contributed by atoms with Gasteiger partial charge in [-0.1, -0.05) is 41.5 Å². The Balaban J connectivity index is 2.12. The molecular weight excluding hydrogens is 314 g/mol. The minimum Gasteiger partial charge on any atom is -0.347 e. The van der Waals surface area contributed by atoms with Crippen molar-refractivity contribution in [3.8, 4) is 0 Å². The van der Waals surface area contributed by atoms with E-state index >= 15 is 0 Å². The van der Waals surface area contributed by atoms with Crippen LogP contribution in [0.4, 0.5) is 0 Å². The lowest BCUT2D eigenvalue weighted by atomic mass is 9.72. The van der Waals surface area contributed by atoms with Crippen LogP contribution in [0.1, 0.15) is 89.0 Å². The van der Waals surface area contributed by atoms with Crippen LogP contribution in [0.3, 0.4) is 0 Å². The Labute approximate surface area is 152 Å². The molecule has 0 aromatic carbocycles. The number of hydrogen-bond acceptors (Lipinski definition) is 2. The van der Waals surface area contributed by atoms with E-state index in [0.717, 1.165) is 30.7 Å². The Morgan fingerprint density at radius 1 is 1.17 bits per heavy atom. The predicted molar refractivity (Wildman–Crippen MR) is 105 cm³/mol. The van der Waals surface area contributed by atoms with Gasteiger partial charge in [-0.15, -0.1) is 11.3 Å². The molecule has 1 N–H and O–H groups in total. The van der Waals surface area contributed by atoms with Crippen molar-refractivity contribution < 1.29 is 4.79 Å². The van der Waals surface area contributed by atoms with Crippen molar-refractivity contribution in [1.82, 2.24) is 5.32 Å². The summed E-state index contributed by atoms with van der Waals surface area (Å²) in [5, 5.41) is 5.36. The zero-order valence-corrected chi connectivity index (χ0v) is 17.6. The zero-order valence-electron chi connectivity index (χ0n) is 16.8. The molecule has 0 bridgehead atoms. The highest BCUT2D eigenvalue weighted by atomic mass is 32.1. The Bertz CT molecular complexity index is 598. The van der Waals surface area contributed by atoms with E-state index in [2.05, 4.69) is 66.1 Å². The minimum atomic E-state index is -0.188. The van der Waals surface area contributed by atoms with E-state index < -0.39 is 0 Å². The van der Waals surface area contributed by atoms with Gasteiger partial charge in [0.15, 0.2) is 0 Å². The molecule has 0 spiro atoms. The van der Waals surface area contributed by atoms with Gasteiger partial charge < -0.3 is 5.32 Å². The lowest BCUT2D eigenvalue weighted by molar-refractivity contribution is 0.0890. The van der Waals surface area contributed by atoms with E-state index in [1.54, 1.807) is 11.3 Å². The van der Waals surface area contributed by atoms with Crippen molar-refractivity contribution in [3.05, 3.63) is 21.4 Å². The SMILES string of the molecule is CC(C)(C)CC(C)(C)NC(=O)c1csc2c1CCC(C(C)(C)C)C2. The van der Waals surface area contributed by atoms with Gasteiger partial charge in [-0.3, -0.25) is 4.79 Å². The van der Waals surface area contributed by atoms with Crippen molar-refractivity contribution >= 4 is 17.2 Å². The van der Waals surface area contributed by atoms with Crippen LogP contribution in [0.25, 0.3) is 0 Å². The third-order valence-electron chi connectivity index (χ3n) is 5.05. The van der Waals surface area contributed by atoms with Crippen LogP contribution in [-0.2, 0) is 12.8 Å². The second kappa shape index (κ2) is 6.48. The van der Waals surface area contributed by atoms with Crippen molar-refractivity contribution in [2.75, 3.05) is 0 Å². The first-order valence-corrected chi connectivity index (χ1v) is 10.1. The van der Waals surface area contributed by atoms with E-state index in [1.807, 2.05) is 0 Å². The minimum absolute atomic E-state index is 0.107. The van der Waals surface area contributed by atoms with Gasteiger partial charge in [0.05, 0.1) is 5.56 Å². The lowest BCUT2D eigenvalue weighted by Crippen LogP contribution is -2.46. The number of fused-ring (bicyclic) bond motifs is 1. The summed E-state index contributed by atoms with van der Waals surface area (Å²) in [6, 6.07) is 0. The summed E-state index contributed by atoms with van der Waals surface area (Å²) < 4.78 is 0. The molecule has 1 aromatic heterocycles. The first-order valence-electron chi connectivity index (χ1n) is 9.20. The van der Waals surface area contributed by atoms with Gasteiger partial charge in [0.2, 0.25) is 0 Å². The number of thiophene rings is 1. The summed E-state index contributed by atoms with van der Waals surface area (Å²) in [4.78, 5) is 14.3. The molecule has 1 aromatic rings. The van der Waals surface area contributed by atoms with Crippen LogP contribution in [-0.4, -0.2) is 11.4 Å². The van der Waals surface area contributed by atoms with E-state index in [1.165, 1.54) is 16.9 Å². The zero-order chi connectivity index (χ0) is 18.3. The van der Waals surface area contributed by atoms with Crippen molar-refractivity contribution in [2.24, 2.45) is 16.7 Å². The maximum absolute atomic E-state index is 12.9. The molecule has 136 valence electrons. The normalized spacial score (nSPS) is 19.1. The van der Waals surface area contributed by atoms with E-state index in [-0.39, 0.29) is 16.9 Å². The molecule has 1 atom stereocenters. The predicted octanol–water partition coefficient (Wildman–Crippen LogP) is 5.84. The van der Waals surface area contributed by atoms with Gasteiger partial charge in [0, 0.05) is 15.8 Å². The second-order valence-electron chi connectivity index (χ2n) is 10.4. The third-order valence-corrected chi connectivity index (χ3v) is 6.10. The van der Waals surface area contributed by atoms with Crippen LogP contribution in [0, 0.1) is 16.7 Å². The molecule has 2 nitrogen and oxygen atoms in total. The Morgan fingerprint density at radius 3 is 2.33 bits per heavy atom. The van der Waals surface area contributed by atoms with Gasteiger partial charge in [-0.05, 0) is 61.8 Å². The molecule has 0 radical (unpaired) electrons. The van der Waals surface area contributed by atoms with Gasteiger partial charge >= 0.3 is 0 Å². The first-order chi connectivity index (χ1) is 10.8. The van der Waals surface area contributed by atoms with Crippen LogP contribution < -0.4 is 5.32 Å². The quantitative estimate of drug-likeness (QED) is 0.729. The number of carbonyl (C=O) groups excluding carboxylic acids is 1. The van der Waals surface area contributed by atoms with Crippen LogP contribution >= 0.6 is 11.3 Å². The highest BCUT2D eigenvalue weighted by Gasteiger charge is 2.33. The number of rotatable bonds is 3. The second-order valence-corrected chi connectivity index (χ2v) is 11.4. The summed E-state index contributed by atoms with van der Waals surface area (Å²) >= 11 is 1.78. The van der Waals surface area contributed by atoms with Gasteiger partial charge in [0.1, 0.15) is 0 Å². The standard InChI is InChI=1S/C21H35NOS/c1-19(2,3)13-21(7,8)22-18(23)16-12-24-17-11-14(20(4,5)6)9-10-15(16)17/h12,14H,9-11,13H2,1-8H3,(H,22,23). The number of hydrogen-bond donors (Lipinski definition) is 1. The summed E-state index contributed by atoms with van der Waals surface area (Å²) in [6.07, 6.45) is 4.33. The topological polar surface area (TPSA) is 29.1 Å². The molecule has 1 heterocycles. The number of carbonyl (C=O) groups is 1. The highest BCUT2D eigenvalue weighted by Crippen LogP contribution is 2.40. The molecule has 24 heavy (non-hydrogen) atoms. The first kappa shape index (κ1) is 19.5.